The van der Waals surface area contributed by atoms with Crippen molar-refractivity contribution in [1.29, 1.82) is 0 Å². The number of carbonyl (C=O) groups is 1. The van der Waals surface area contributed by atoms with E-state index in [0.29, 0.717) is 12.1 Å². The number of halogens is 6. The molecule has 0 aliphatic rings. The first-order valence-electron chi connectivity index (χ1n) is 5.15. The molecule has 0 N–H and O–H groups in total. The molecule has 2 rings (SSSR count). The van der Waals surface area contributed by atoms with E-state index in [4.69, 9.17) is 0 Å². The van der Waals surface area contributed by atoms with Gasteiger partial charge >= 0.3 is 0 Å². The van der Waals surface area contributed by atoms with Crippen LogP contribution in [0.3, 0.4) is 0 Å². The summed E-state index contributed by atoms with van der Waals surface area (Å²) < 4.78 is 65.9. The molecule has 0 spiro atoms. The fourth-order valence-electron chi connectivity index (χ4n) is 1.57. The summed E-state index contributed by atoms with van der Waals surface area (Å²) in [5.74, 6) is -8.70. The van der Waals surface area contributed by atoms with E-state index in [1.54, 1.807) is 0 Å². The minimum Gasteiger partial charge on any atom is -0.288 e. The molecular formula is C13H4BrF5O. The third-order valence-corrected chi connectivity index (χ3v) is 3.13. The molecule has 104 valence electrons. The highest BCUT2D eigenvalue weighted by atomic mass is 79.9. The molecule has 0 saturated heterocycles. The normalized spacial score (nSPS) is 10.7. The van der Waals surface area contributed by atoms with E-state index >= 15 is 0 Å². The first kappa shape index (κ1) is 14.6. The lowest BCUT2D eigenvalue weighted by Crippen LogP contribution is -2.09. The Kier molecular flexibility index (Phi) is 3.89. The highest BCUT2D eigenvalue weighted by molar-refractivity contribution is 9.10. The Labute approximate surface area is 118 Å². The van der Waals surface area contributed by atoms with Gasteiger partial charge in [0.25, 0.3) is 0 Å². The van der Waals surface area contributed by atoms with Gasteiger partial charge in [0.05, 0.1) is 10.0 Å². The number of rotatable bonds is 2. The van der Waals surface area contributed by atoms with Crippen molar-refractivity contribution in [1.82, 2.24) is 0 Å². The van der Waals surface area contributed by atoms with Crippen LogP contribution in [0.1, 0.15) is 15.9 Å². The maximum Gasteiger partial charge on any atom is 0.199 e. The van der Waals surface area contributed by atoms with Gasteiger partial charge in [-0.2, -0.15) is 0 Å². The molecule has 1 nitrogen and oxygen atoms in total. The summed E-state index contributed by atoms with van der Waals surface area (Å²) in [5.41, 5.74) is -1.68. The van der Waals surface area contributed by atoms with E-state index in [-0.39, 0.29) is 4.47 Å². The maximum atomic E-state index is 13.7. The Morgan fingerprint density at radius 3 is 1.95 bits per heavy atom. The Morgan fingerprint density at radius 1 is 0.850 bits per heavy atom. The lowest BCUT2D eigenvalue weighted by molar-refractivity contribution is 0.103. The van der Waals surface area contributed by atoms with Gasteiger partial charge in [0.1, 0.15) is 5.82 Å². The minimum atomic E-state index is -1.77. The largest absolute Gasteiger partial charge is 0.288 e. The maximum absolute atomic E-state index is 13.7. The van der Waals surface area contributed by atoms with Crippen molar-refractivity contribution in [3.63, 3.8) is 0 Å². The number of ketones is 1. The van der Waals surface area contributed by atoms with Crippen molar-refractivity contribution in [2.24, 2.45) is 0 Å². The SMILES string of the molecule is O=C(c1cc(F)c(F)c(F)c1)c1c(F)ccc(Br)c1F. The van der Waals surface area contributed by atoms with E-state index < -0.39 is 46.0 Å². The summed E-state index contributed by atoms with van der Waals surface area (Å²) in [5, 5.41) is 0. The molecule has 2 aromatic rings. The van der Waals surface area contributed by atoms with Crippen LogP contribution < -0.4 is 0 Å². The van der Waals surface area contributed by atoms with E-state index in [2.05, 4.69) is 15.9 Å². The summed E-state index contributed by atoms with van der Waals surface area (Å²) >= 11 is 2.76. The molecule has 0 aromatic heterocycles. The van der Waals surface area contributed by atoms with E-state index in [9.17, 15) is 26.7 Å². The van der Waals surface area contributed by atoms with Crippen molar-refractivity contribution < 1.29 is 26.7 Å². The average molecular weight is 351 g/mol. The standard InChI is InChI=1S/C13H4BrF5O/c14-6-1-2-7(15)10(11(6)18)13(20)5-3-8(16)12(19)9(17)4-5/h1-4H. The Balaban J connectivity index is 2.61. The zero-order chi connectivity index (χ0) is 15.0. The first-order valence-corrected chi connectivity index (χ1v) is 5.95. The molecule has 7 heteroatoms. The van der Waals surface area contributed by atoms with Crippen LogP contribution in [0.4, 0.5) is 22.0 Å². The van der Waals surface area contributed by atoms with Crippen molar-refractivity contribution in [2.75, 3.05) is 0 Å². The molecule has 0 saturated carbocycles. The summed E-state index contributed by atoms with van der Waals surface area (Å²) in [4.78, 5) is 11.9. The molecule has 2 aromatic carbocycles. The van der Waals surface area contributed by atoms with Crippen LogP contribution in [-0.4, -0.2) is 5.78 Å². The van der Waals surface area contributed by atoms with Gasteiger partial charge < -0.3 is 0 Å². The topological polar surface area (TPSA) is 17.1 Å². The minimum absolute atomic E-state index is 0.190. The Hall–Kier alpha value is -1.76. The summed E-state index contributed by atoms with van der Waals surface area (Å²) in [6.45, 7) is 0. The van der Waals surface area contributed by atoms with Gasteiger partial charge in [-0.15, -0.1) is 0 Å². The lowest BCUT2D eigenvalue weighted by atomic mass is 10.0. The summed E-state index contributed by atoms with van der Waals surface area (Å²) in [6.07, 6.45) is 0. The van der Waals surface area contributed by atoms with Crippen LogP contribution in [0, 0.1) is 29.1 Å². The van der Waals surface area contributed by atoms with Crippen molar-refractivity contribution in [3.05, 3.63) is 69.0 Å². The average Bonchev–Trinajstić information content (AvgIpc) is 2.40. The summed E-state index contributed by atoms with van der Waals surface area (Å²) in [6, 6.07) is 2.60. The van der Waals surface area contributed by atoms with Gasteiger partial charge in [0, 0.05) is 5.56 Å². The van der Waals surface area contributed by atoms with E-state index in [0.717, 1.165) is 12.1 Å². The number of benzene rings is 2. The van der Waals surface area contributed by atoms with Gasteiger partial charge in [-0.1, -0.05) is 0 Å². The fraction of sp³-hybridized carbons (Fsp3) is 0. The zero-order valence-corrected chi connectivity index (χ0v) is 11.1. The van der Waals surface area contributed by atoms with Crippen LogP contribution >= 0.6 is 15.9 Å². The van der Waals surface area contributed by atoms with Gasteiger partial charge in [-0.05, 0) is 40.2 Å². The molecule has 0 heterocycles. The second-order valence-electron chi connectivity index (χ2n) is 3.80. The molecular weight excluding hydrogens is 347 g/mol. The smallest absolute Gasteiger partial charge is 0.199 e. The molecule has 0 aliphatic carbocycles. The van der Waals surface area contributed by atoms with Gasteiger partial charge in [-0.25, -0.2) is 22.0 Å². The zero-order valence-electron chi connectivity index (χ0n) is 9.49. The molecule has 20 heavy (non-hydrogen) atoms. The van der Waals surface area contributed by atoms with Gasteiger partial charge in [0.15, 0.2) is 29.1 Å². The quantitative estimate of drug-likeness (QED) is 0.340. The molecule has 0 unspecified atom stereocenters. The monoisotopic (exact) mass is 350 g/mol. The summed E-state index contributed by atoms with van der Waals surface area (Å²) in [7, 11) is 0. The first-order chi connectivity index (χ1) is 9.32. The number of hydrogen-bond acceptors (Lipinski definition) is 1. The third kappa shape index (κ3) is 2.45. The van der Waals surface area contributed by atoms with Crippen molar-refractivity contribution >= 4 is 21.7 Å². The predicted molar refractivity (Wildman–Crippen MR) is 63.8 cm³/mol. The number of hydrogen-bond donors (Lipinski definition) is 0. The molecule has 0 radical (unpaired) electrons. The van der Waals surface area contributed by atoms with Crippen molar-refractivity contribution in [3.8, 4) is 0 Å². The number of carbonyl (C=O) groups excluding carboxylic acids is 1. The van der Waals surface area contributed by atoms with Crippen LogP contribution in [0.25, 0.3) is 0 Å². The van der Waals surface area contributed by atoms with Crippen LogP contribution in [-0.2, 0) is 0 Å². The highest BCUT2D eigenvalue weighted by Crippen LogP contribution is 2.25. The van der Waals surface area contributed by atoms with E-state index in [1.807, 2.05) is 0 Å². The molecule has 0 bridgehead atoms. The van der Waals surface area contributed by atoms with Gasteiger partial charge in [-0.3, -0.25) is 4.79 Å². The Morgan fingerprint density at radius 2 is 1.40 bits per heavy atom. The second kappa shape index (κ2) is 5.32. The molecule has 0 atom stereocenters. The second-order valence-corrected chi connectivity index (χ2v) is 4.66. The predicted octanol–water partition coefficient (Wildman–Crippen LogP) is 4.38. The van der Waals surface area contributed by atoms with Crippen LogP contribution in [0.15, 0.2) is 28.7 Å². The van der Waals surface area contributed by atoms with Gasteiger partial charge in [0.2, 0.25) is 0 Å². The molecule has 0 amide bonds. The van der Waals surface area contributed by atoms with Crippen LogP contribution in [0.5, 0.6) is 0 Å². The highest BCUT2D eigenvalue weighted by Gasteiger charge is 2.23. The third-order valence-electron chi connectivity index (χ3n) is 2.52. The lowest BCUT2D eigenvalue weighted by Gasteiger charge is -2.06. The Bertz CT molecular complexity index is 691. The van der Waals surface area contributed by atoms with Crippen LogP contribution in [0.2, 0.25) is 0 Å². The van der Waals surface area contributed by atoms with E-state index in [1.165, 1.54) is 0 Å². The fourth-order valence-corrected chi connectivity index (χ4v) is 1.90. The van der Waals surface area contributed by atoms with Crippen molar-refractivity contribution in [2.45, 2.75) is 0 Å². The molecule has 0 fully saturated rings. The molecule has 0 aliphatic heterocycles.